The lowest BCUT2D eigenvalue weighted by atomic mass is 10.2. The van der Waals surface area contributed by atoms with Crippen LogP contribution in [0.15, 0.2) is 22.7 Å². The van der Waals surface area contributed by atoms with Crippen molar-refractivity contribution in [3.05, 3.63) is 39.5 Å². The van der Waals surface area contributed by atoms with E-state index in [1.54, 1.807) is 4.68 Å². The first-order chi connectivity index (χ1) is 8.90. The third-order valence-electron chi connectivity index (χ3n) is 2.90. The molecule has 4 nitrogen and oxygen atoms in total. The molecule has 0 amide bonds. The number of nitrogens with one attached hydrogen (secondary N) is 1. The molecule has 2 rings (SSSR count). The molecule has 0 bridgehead atoms. The molecule has 0 fully saturated rings. The Morgan fingerprint density at radius 2 is 2.11 bits per heavy atom. The third-order valence-corrected chi connectivity index (χ3v) is 3.96. The van der Waals surface area contributed by atoms with Gasteiger partial charge in [0.15, 0.2) is 0 Å². The Labute approximate surface area is 126 Å². The zero-order valence-electron chi connectivity index (χ0n) is 11.0. The molecule has 1 heterocycles. The standard InChI is InChI=1S/C13H15BrN4S/c1-7-4-5-9(6-10(7)14)16-13-11(12(15)19)8(2)17-18(13)3/h4-6,16H,1-3H3,(H2,15,19). The molecule has 0 radical (unpaired) electrons. The fourth-order valence-corrected chi connectivity index (χ4v) is 2.53. The van der Waals surface area contributed by atoms with E-state index in [0.717, 1.165) is 27.2 Å². The molecule has 6 heteroatoms. The summed E-state index contributed by atoms with van der Waals surface area (Å²) < 4.78 is 2.80. The number of aryl methyl sites for hydroxylation is 3. The van der Waals surface area contributed by atoms with E-state index < -0.39 is 0 Å². The van der Waals surface area contributed by atoms with Gasteiger partial charge in [0.05, 0.1) is 11.3 Å². The highest BCUT2D eigenvalue weighted by molar-refractivity contribution is 9.10. The number of hydrogen-bond acceptors (Lipinski definition) is 3. The molecule has 0 aliphatic heterocycles. The molecule has 1 aromatic heterocycles. The predicted molar refractivity (Wildman–Crippen MR) is 86.0 cm³/mol. The van der Waals surface area contributed by atoms with Crippen molar-refractivity contribution < 1.29 is 0 Å². The molecule has 0 saturated carbocycles. The minimum Gasteiger partial charge on any atom is -0.389 e. The second-order valence-corrected chi connectivity index (χ2v) is 5.68. The Bertz CT molecular complexity index is 648. The Hall–Kier alpha value is -1.40. The van der Waals surface area contributed by atoms with Crippen LogP contribution < -0.4 is 11.1 Å². The smallest absolute Gasteiger partial charge is 0.138 e. The molecule has 0 aliphatic carbocycles. The van der Waals surface area contributed by atoms with Gasteiger partial charge in [0.1, 0.15) is 10.8 Å². The van der Waals surface area contributed by atoms with Gasteiger partial charge in [0.2, 0.25) is 0 Å². The normalized spacial score (nSPS) is 10.5. The summed E-state index contributed by atoms with van der Waals surface area (Å²) in [6, 6.07) is 6.06. The summed E-state index contributed by atoms with van der Waals surface area (Å²) in [6.45, 7) is 3.94. The Morgan fingerprint density at radius 3 is 2.68 bits per heavy atom. The van der Waals surface area contributed by atoms with Crippen LogP contribution in [0.3, 0.4) is 0 Å². The van der Waals surface area contributed by atoms with Gasteiger partial charge in [-0.25, -0.2) is 0 Å². The summed E-state index contributed by atoms with van der Waals surface area (Å²) in [6.07, 6.45) is 0. The largest absolute Gasteiger partial charge is 0.389 e. The summed E-state index contributed by atoms with van der Waals surface area (Å²) >= 11 is 8.61. The van der Waals surface area contributed by atoms with E-state index in [2.05, 4.69) is 26.3 Å². The van der Waals surface area contributed by atoms with Crippen LogP contribution in [0.2, 0.25) is 0 Å². The fourth-order valence-electron chi connectivity index (χ4n) is 1.90. The summed E-state index contributed by atoms with van der Waals surface area (Å²) in [5.41, 5.74) is 9.51. The van der Waals surface area contributed by atoms with Crippen molar-refractivity contribution in [2.24, 2.45) is 12.8 Å². The molecular weight excluding hydrogens is 324 g/mol. The maximum Gasteiger partial charge on any atom is 0.138 e. The second-order valence-electron chi connectivity index (χ2n) is 4.39. The van der Waals surface area contributed by atoms with Crippen LogP contribution in [0.1, 0.15) is 16.8 Å². The van der Waals surface area contributed by atoms with Crippen molar-refractivity contribution in [1.82, 2.24) is 9.78 Å². The molecular formula is C13H15BrN4S. The molecule has 0 atom stereocenters. The van der Waals surface area contributed by atoms with E-state index >= 15 is 0 Å². The molecule has 3 N–H and O–H groups in total. The van der Waals surface area contributed by atoms with Gasteiger partial charge in [-0.3, -0.25) is 4.68 Å². The van der Waals surface area contributed by atoms with Gasteiger partial charge >= 0.3 is 0 Å². The molecule has 0 aliphatic rings. The van der Waals surface area contributed by atoms with E-state index in [1.807, 2.05) is 39.1 Å². The summed E-state index contributed by atoms with van der Waals surface area (Å²) in [7, 11) is 1.86. The van der Waals surface area contributed by atoms with Crippen LogP contribution >= 0.6 is 28.1 Å². The number of anilines is 2. The van der Waals surface area contributed by atoms with Crippen LogP contribution in [0.25, 0.3) is 0 Å². The molecule has 100 valence electrons. The van der Waals surface area contributed by atoms with E-state index in [1.165, 1.54) is 5.56 Å². The van der Waals surface area contributed by atoms with Gasteiger partial charge in [0, 0.05) is 17.2 Å². The number of halogens is 1. The lowest BCUT2D eigenvalue weighted by Crippen LogP contribution is -2.13. The quantitative estimate of drug-likeness (QED) is 0.844. The minimum absolute atomic E-state index is 0.347. The predicted octanol–water partition coefficient (Wildman–Crippen LogP) is 3.18. The van der Waals surface area contributed by atoms with E-state index in [-0.39, 0.29) is 0 Å². The van der Waals surface area contributed by atoms with Crippen LogP contribution in [0, 0.1) is 13.8 Å². The first kappa shape index (κ1) is 14.0. The van der Waals surface area contributed by atoms with Crippen molar-refractivity contribution in [2.75, 3.05) is 5.32 Å². The van der Waals surface area contributed by atoms with Crippen LogP contribution in [0.4, 0.5) is 11.5 Å². The number of nitrogens with two attached hydrogens (primary N) is 1. The zero-order valence-corrected chi connectivity index (χ0v) is 13.4. The summed E-state index contributed by atoms with van der Waals surface area (Å²) in [4.78, 5) is 0.347. The van der Waals surface area contributed by atoms with Crippen molar-refractivity contribution in [3.8, 4) is 0 Å². The summed E-state index contributed by atoms with van der Waals surface area (Å²) in [5.74, 6) is 0.806. The minimum atomic E-state index is 0.347. The Kier molecular flexibility index (Phi) is 3.91. The molecule has 1 aromatic carbocycles. The van der Waals surface area contributed by atoms with E-state index in [9.17, 15) is 0 Å². The topological polar surface area (TPSA) is 55.9 Å². The second kappa shape index (κ2) is 5.30. The number of aromatic nitrogens is 2. The molecule has 2 aromatic rings. The Balaban J connectivity index is 2.43. The number of rotatable bonds is 3. The molecule has 0 spiro atoms. The fraction of sp³-hybridized carbons (Fsp3) is 0.231. The van der Waals surface area contributed by atoms with Gasteiger partial charge in [-0.2, -0.15) is 5.10 Å². The van der Waals surface area contributed by atoms with Crippen LogP contribution in [-0.2, 0) is 7.05 Å². The van der Waals surface area contributed by atoms with Gasteiger partial charge < -0.3 is 11.1 Å². The van der Waals surface area contributed by atoms with Crippen molar-refractivity contribution in [3.63, 3.8) is 0 Å². The highest BCUT2D eigenvalue weighted by Crippen LogP contribution is 2.26. The number of hydrogen-bond donors (Lipinski definition) is 2. The first-order valence-corrected chi connectivity index (χ1v) is 6.97. The van der Waals surface area contributed by atoms with Crippen molar-refractivity contribution >= 4 is 44.6 Å². The van der Waals surface area contributed by atoms with E-state index in [0.29, 0.717) is 4.99 Å². The zero-order chi connectivity index (χ0) is 14.2. The monoisotopic (exact) mass is 338 g/mol. The van der Waals surface area contributed by atoms with Gasteiger partial charge in [0.25, 0.3) is 0 Å². The van der Waals surface area contributed by atoms with Crippen LogP contribution in [-0.4, -0.2) is 14.8 Å². The van der Waals surface area contributed by atoms with Gasteiger partial charge in [-0.15, -0.1) is 0 Å². The highest BCUT2D eigenvalue weighted by Gasteiger charge is 2.15. The van der Waals surface area contributed by atoms with Crippen molar-refractivity contribution in [1.29, 1.82) is 0 Å². The SMILES string of the molecule is Cc1ccc(Nc2c(C(N)=S)c(C)nn2C)cc1Br. The van der Waals surface area contributed by atoms with Gasteiger partial charge in [-0.05, 0) is 31.5 Å². The number of benzene rings is 1. The van der Waals surface area contributed by atoms with Gasteiger partial charge in [-0.1, -0.05) is 34.2 Å². The average Bonchev–Trinajstić information content (AvgIpc) is 2.59. The highest BCUT2D eigenvalue weighted by atomic mass is 79.9. The third kappa shape index (κ3) is 2.79. The van der Waals surface area contributed by atoms with E-state index in [4.69, 9.17) is 18.0 Å². The molecule has 0 unspecified atom stereocenters. The Morgan fingerprint density at radius 1 is 1.42 bits per heavy atom. The first-order valence-electron chi connectivity index (χ1n) is 5.76. The average molecular weight is 339 g/mol. The van der Waals surface area contributed by atoms with Crippen LogP contribution in [0.5, 0.6) is 0 Å². The van der Waals surface area contributed by atoms with Crippen molar-refractivity contribution in [2.45, 2.75) is 13.8 Å². The lowest BCUT2D eigenvalue weighted by Gasteiger charge is -2.10. The molecule has 19 heavy (non-hydrogen) atoms. The summed E-state index contributed by atoms with van der Waals surface area (Å²) in [5, 5.41) is 7.66. The maximum atomic E-state index is 5.77. The molecule has 0 saturated heterocycles. The lowest BCUT2D eigenvalue weighted by molar-refractivity contribution is 0.765. The number of thiocarbonyl (C=S) groups is 1. The maximum absolute atomic E-state index is 5.77. The number of nitrogens with zero attached hydrogens (tertiary/aromatic N) is 2.